The predicted molar refractivity (Wildman–Crippen MR) is 105 cm³/mol. The van der Waals surface area contributed by atoms with Gasteiger partial charge in [-0.05, 0) is 64.3 Å². The van der Waals surface area contributed by atoms with Gasteiger partial charge >= 0.3 is 0 Å². The molecular formula is C20H30N4O2. The van der Waals surface area contributed by atoms with Crippen LogP contribution in [0.1, 0.15) is 23.3 Å². The van der Waals surface area contributed by atoms with E-state index in [9.17, 15) is 4.79 Å². The van der Waals surface area contributed by atoms with Gasteiger partial charge in [-0.3, -0.25) is 4.79 Å². The van der Waals surface area contributed by atoms with Gasteiger partial charge < -0.3 is 24.4 Å². The Hall–Kier alpha value is -2.05. The Balaban J connectivity index is 1.57. The summed E-state index contributed by atoms with van der Waals surface area (Å²) in [4.78, 5) is 22.5. The van der Waals surface area contributed by atoms with Crippen molar-refractivity contribution in [1.82, 2.24) is 19.7 Å². The van der Waals surface area contributed by atoms with E-state index in [0.717, 1.165) is 42.8 Å². The number of aromatic amines is 1. The zero-order chi connectivity index (χ0) is 18.7. The number of benzene rings is 1. The van der Waals surface area contributed by atoms with Gasteiger partial charge in [-0.15, -0.1) is 0 Å². The number of amides is 1. The summed E-state index contributed by atoms with van der Waals surface area (Å²) in [5, 5.41) is 0.990. The first-order valence-corrected chi connectivity index (χ1v) is 9.29. The fourth-order valence-corrected chi connectivity index (χ4v) is 3.59. The lowest BCUT2D eigenvalue weighted by Gasteiger charge is -2.35. The van der Waals surface area contributed by atoms with E-state index in [1.165, 1.54) is 12.8 Å². The quantitative estimate of drug-likeness (QED) is 0.861. The smallest absolute Gasteiger partial charge is 0.270 e. The van der Waals surface area contributed by atoms with Crippen molar-refractivity contribution in [2.24, 2.45) is 0 Å². The average molecular weight is 358 g/mol. The minimum atomic E-state index is 0.0249. The Morgan fingerprint density at radius 3 is 2.65 bits per heavy atom. The molecule has 1 aliphatic heterocycles. The number of aromatic nitrogens is 1. The Labute approximate surface area is 155 Å². The fraction of sp³-hybridized carbons (Fsp3) is 0.550. The van der Waals surface area contributed by atoms with E-state index < -0.39 is 0 Å². The number of fused-ring (bicyclic) bond motifs is 1. The number of hydrogen-bond acceptors (Lipinski definition) is 4. The van der Waals surface area contributed by atoms with Gasteiger partial charge in [0, 0.05) is 37.1 Å². The highest BCUT2D eigenvalue weighted by atomic mass is 16.5. The van der Waals surface area contributed by atoms with Crippen molar-refractivity contribution in [2.75, 3.05) is 54.4 Å². The maximum Gasteiger partial charge on any atom is 0.270 e. The molecule has 3 rings (SSSR count). The van der Waals surface area contributed by atoms with E-state index in [1.54, 1.807) is 12.0 Å². The first-order valence-electron chi connectivity index (χ1n) is 9.29. The Bertz CT molecular complexity index is 749. The summed E-state index contributed by atoms with van der Waals surface area (Å²) >= 11 is 0. The molecule has 6 nitrogen and oxygen atoms in total. The van der Waals surface area contributed by atoms with Gasteiger partial charge in [0.25, 0.3) is 5.91 Å². The summed E-state index contributed by atoms with van der Waals surface area (Å²) in [7, 11) is 7.87. The van der Waals surface area contributed by atoms with E-state index >= 15 is 0 Å². The number of rotatable bonds is 6. The molecule has 0 saturated carbocycles. The molecule has 1 aromatic heterocycles. The minimum Gasteiger partial charge on any atom is -0.497 e. The third-order valence-corrected chi connectivity index (χ3v) is 5.50. The van der Waals surface area contributed by atoms with Gasteiger partial charge in [-0.2, -0.15) is 0 Å². The van der Waals surface area contributed by atoms with Crippen molar-refractivity contribution in [3.63, 3.8) is 0 Å². The van der Waals surface area contributed by atoms with Gasteiger partial charge in [0.05, 0.1) is 7.11 Å². The Morgan fingerprint density at radius 1 is 1.23 bits per heavy atom. The minimum absolute atomic E-state index is 0.0249. The molecule has 1 saturated heterocycles. The van der Waals surface area contributed by atoms with Crippen LogP contribution < -0.4 is 4.74 Å². The van der Waals surface area contributed by atoms with Crippen molar-refractivity contribution in [3.05, 3.63) is 30.0 Å². The van der Waals surface area contributed by atoms with Gasteiger partial charge in [-0.1, -0.05) is 0 Å². The highest BCUT2D eigenvalue weighted by molar-refractivity contribution is 5.98. The lowest BCUT2D eigenvalue weighted by molar-refractivity contribution is 0.0754. The lowest BCUT2D eigenvalue weighted by atomic mass is 10.0. The molecule has 1 amide bonds. The highest BCUT2D eigenvalue weighted by Gasteiger charge is 2.21. The summed E-state index contributed by atoms with van der Waals surface area (Å²) in [6.45, 7) is 3.93. The second kappa shape index (κ2) is 8.10. The van der Waals surface area contributed by atoms with Crippen molar-refractivity contribution < 1.29 is 9.53 Å². The van der Waals surface area contributed by atoms with Crippen LogP contribution in [0.5, 0.6) is 5.75 Å². The molecular weight excluding hydrogens is 328 g/mol. The summed E-state index contributed by atoms with van der Waals surface area (Å²) in [5.74, 6) is 0.820. The average Bonchev–Trinajstić information content (AvgIpc) is 3.08. The van der Waals surface area contributed by atoms with E-state index in [0.29, 0.717) is 11.7 Å². The molecule has 0 atom stereocenters. The molecule has 0 spiro atoms. The molecule has 142 valence electrons. The first kappa shape index (κ1) is 18.7. The van der Waals surface area contributed by atoms with Crippen LogP contribution in [0.15, 0.2) is 24.3 Å². The molecule has 0 unspecified atom stereocenters. The summed E-state index contributed by atoms with van der Waals surface area (Å²) < 4.78 is 5.25. The molecule has 2 aromatic rings. The van der Waals surface area contributed by atoms with E-state index in [2.05, 4.69) is 28.9 Å². The Kier molecular flexibility index (Phi) is 5.84. The molecule has 26 heavy (non-hydrogen) atoms. The fourth-order valence-electron chi connectivity index (χ4n) is 3.59. The van der Waals surface area contributed by atoms with Crippen LogP contribution in [0.4, 0.5) is 0 Å². The number of methoxy groups -OCH3 is 1. The van der Waals surface area contributed by atoms with Crippen LogP contribution in [0.2, 0.25) is 0 Å². The summed E-state index contributed by atoms with van der Waals surface area (Å²) in [6, 6.07) is 8.30. The number of nitrogens with zero attached hydrogens (tertiary/aromatic N) is 3. The number of piperidine rings is 1. The maximum absolute atomic E-state index is 12.7. The van der Waals surface area contributed by atoms with Crippen molar-refractivity contribution >= 4 is 16.8 Å². The van der Waals surface area contributed by atoms with Crippen LogP contribution in [0, 0.1) is 0 Å². The number of likely N-dealkylation sites (tertiary alicyclic amines) is 1. The zero-order valence-corrected chi connectivity index (χ0v) is 16.3. The first-order chi connectivity index (χ1) is 12.5. The van der Waals surface area contributed by atoms with E-state index in [4.69, 9.17) is 4.74 Å². The molecule has 0 radical (unpaired) electrons. The largest absolute Gasteiger partial charge is 0.497 e. The zero-order valence-electron chi connectivity index (χ0n) is 16.3. The van der Waals surface area contributed by atoms with Crippen LogP contribution in [0.3, 0.4) is 0 Å². The standard InChI is InChI=1S/C20H30N4O2/c1-22-9-7-16(8-10-22)23(2)11-12-24(3)20(25)19-14-15-13-17(26-4)5-6-18(15)21-19/h5-6,13-14,16,21H,7-12H2,1-4H3. The SMILES string of the molecule is COc1ccc2[nH]c(C(=O)N(C)CCN(C)C3CCN(C)CC3)cc2c1. The van der Waals surface area contributed by atoms with Crippen molar-refractivity contribution in [3.8, 4) is 5.75 Å². The number of H-pyrrole nitrogens is 1. The molecule has 1 aliphatic rings. The van der Waals surface area contributed by atoms with Crippen LogP contribution >= 0.6 is 0 Å². The van der Waals surface area contributed by atoms with E-state index in [1.807, 2.05) is 31.3 Å². The molecule has 1 aromatic carbocycles. The van der Waals surface area contributed by atoms with Crippen molar-refractivity contribution in [1.29, 1.82) is 0 Å². The molecule has 2 heterocycles. The monoisotopic (exact) mass is 358 g/mol. The van der Waals surface area contributed by atoms with Gasteiger partial charge in [-0.25, -0.2) is 0 Å². The number of carbonyl (C=O) groups excluding carboxylic acids is 1. The second-order valence-electron chi connectivity index (χ2n) is 7.38. The van der Waals surface area contributed by atoms with Crippen molar-refractivity contribution in [2.45, 2.75) is 18.9 Å². The third kappa shape index (κ3) is 4.19. The topological polar surface area (TPSA) is 51.8 Å². The number of ether oxygens (including phenoxy) is 1. The van der Waals surface area contributed by atoms with Gasteiger partial charge in [0.1, 0.15) is 11.4 Å². The maximum atomic E-state index is 12.7. The number of carbonyl (C=O) groups is 1. The molecule has 6 heteroatoms. The normalized spacial score (nSPS) is 16.3. The van der Waals surface area contributed by atoms with Crippen LogP contribution in [0.25, 0.3) is 10.9 Å². The molecule has 0 aliphatic carbocycles. The molecule has 1 fully saturated rings. The van der Waals surface area contributed by atoms with E-state index in [-0.39, 0.29) is 5.91 Å². The van der Waals surface area contributed by atoms with Crippen LogP contribution in [-0.4, -0.2) is 86.1 Å². The third-order valence-electron chi connectivity index (χ3n) is 5.50. The number of hydrogen-bond donors (Lipinski definition) is 1. The lowest BCUT2D eigenvalue weighted by Crippen LogP contribution is -2.44. The van der Waals surface area contributed by atoms with Gasteiger partial charge in [0.15, 0.2) is 0 Å². The predicted octanol–water partition coefficient (Wildman–Crippen LogP) is 2.27. The summed E-state index contributed by atoms with van der Waals surface area (Å²) in [5.41, 5.74) is 1.57. The molecule has 0 bridgehead atoms. The number of likely N-dealkylation sites (N-methyl/N-ethyl adjacent to an activating group) is 2. The summed E-state index contributed by atoms with van der Waals surface area (Å²) in [6.07, 6.45) is 2.41. The highest BCUT2D eigenvalue weighted by Crippen LogP contribution is 2.22. The molecule has 1 N–H and O–H groups in total. The number of nitrogens with one attached hydrogen (secondary N) is 1. The second-order valence-corrected chi connectivity index (χ2v) is 7.38. The van der Waals surface area contributed by atoms with Gasteiger partial charge in [0.2, 0.25) is 0 Å². The Morgan fingerprint density at radius 2 is 1.96 bits per heavy atom. The van der Waals surface area contributed by atoms with Crippen LogP contribution in [-0.2, 0) is 0 Å².